The number of alkyl halides is 3. The largest absolute Gasteiger partial charge is 0.573 e. The van der Waals surface area contributed by atoms with E-state index in [-0.39, 0.29) is 0 Å². The molecule has 192 valence electrons. The molecule has 0 atom stereocenters. The number of benzene rings is 2. The first-order valence-corrected chi connectivity index (χ1v) is 13.5. The molecule has 2 aliphatic rings. The van der Waals surface area contributed by atoms with Gasteiger partial charge in [0.2, 0.25) is 0 Å². The van der Waals surface area contributed by atoms with Crippen LogP contribution in [0.1, 0.15) is 95.5 Å². The second-order valence-electron chi connectivity index (χ2n) is 10.7. The van der Waals surface area contributed by atoms with Crippen molar-refractivity contribution in [1.82, 2.24) is 0 Å². The minimum atomic E-state index is -4.91. The molecule has 0 saturated heterocycles. The van der Waals surface area contributed by atoms with Gasteiger partial charge in [0.05, 0.1) is 0 Å². The third-order valence-corrected chi connectivity index (χ3v) is 8.42. The number of hydrogen-bond acceptors (Lipinski definition) is 1. The van der Waals surface area contributed by atoms with Crippen molar-refractivity contribution in [2.75, 3.05) is 0 Å². The van der Waals surface area contributed by atoms with Crippen molar-refractivity contribution in [3.05, 3.63) is 53.8 Å². The van der Waals surface area contributed by atoms with Gasteiger partial charge in [-0.25, -0.2) is 4.39 Å². The molecule has 1 nitrogen and oxygen atoms in total. The van der Waals surface area contributed by atoms with E-state index in [1.807, 2.05) is 12.1 Å². The molecule has 2 aliphatic carbocycles. The fourth-order valence-electron chi connectivity index (χ4n) is 6.39. The van der Waals surface area contributed by atoms with Crippen molar-refractivity contribution in [2.24, 2.45) is 17.8 Å². The van der Waals surface area contributed by atoms with Crippen LogP contribution in [0.25, 0.3) is 11.1 Å². The number of halogens is 4. The molecule has 2 aromatic rings. The van der Waals surface area contributed by atoms with E-state index in [4.69, 9.17) is 0 Å². The van der Waals surface area contributed by atoms with Gasteiger partial charge in [0, 0.05) is 0 Å². The van der Waals surface area contributed by atoms with Crippen LogP contribution in [0.3, 0.4) is 0 Å². The number of ether oxygens (including phenoxy) is 1. The molecule has 0 N–H and O–H groups in total. The highest BCUT2D eigenvalue weighted by molar-refractivity contribution is 5.64. The first-order valence-electron chi connectivity index (χ1n) is 13.5. The third-order valence-electron chi connectivity index (χ3n) is 8.42. The normalized spacial score (nSPS) is 25.4. The van der Waals surface area contributed by atoms with Gasteiger partial charge in [-0.2, -0.15) is 0 Å². The number of hydrogen-bond donors (Lipinski definition) is 0. The quantitative estimate of drug-likeness (QED) is 0.264. The van der Waals surface area contributed by atoms with E-state index in [9.17, 15) is 17.6 Å². The van der Waals surface area contributed by atoms with Gasteiger partial charge in [-0.15, -0.1) is 13.2 Å². The Kier molecular flexibility index (Phi) is 8.77. The van der Waals surface area contributed by atoms with Gasteiger partial charge in [0.15, 0.2) is 11.6 Å². The predicted octanol–water partition coefficient (Wildman–Crippen LogP) is 10.1. The van der Waals surface area contributed by atoms with Gasteiger partial charge in [-0.3, -0.25) is 0 Å². The molecule has 0 bridgehead atoms. The molecule has 0 radical (unpaired) electrons. The number of rotatable bonds is 8. The van der Waals surface area contributed by atoms with E-state index in [2.05, 4.69) is 23.8 Å². The van der Waals surface area contributed by atoms with E-state index in [1.165, 1.54) is 88.7 Å². The Bertz CT molecular complexity index is 920. The molecule has 2 saturated carbocycles. The molecule has 5 heteroatoms. The van der Waals surface area contributed by atoms with Gasteiger partial charge in [0.25, 0.3) is 0 Å². The minimum absolute atomic E-state index is 0.539. The molecule has 0 amide bonds. The molecular weight excluding hydrogens is 452 g/mol. The second kappa shape index (κ2) is 11.8. The monoisotopic (exact) mass is 490 g/mol. The Morgan fingerprint density at radius 1 is 0.771 bits per heavy atom. The maximum absolute atomic E-state index is 14.1. The van der Waals surface area contributed by atoms with Gasteiger partial charge in [0.1, 0.15) is 0 Å². The van der Waals surface area contributed by atoms with Crippen LogP contribution >= 0.6 is 0 Å². The molecule has 2 fully saturated rings. The van der Waals surface area contributed by atoms with Crippen molar-refractivity contribution in [2.45, 2.75) is 96.3 Å². The van der Waals surface area contributed by atoms with Gasteiger partial charge in [-0.05, 0) is 91.0 Å². The van der Waals surface area contributed by atoms with Crippen LogP contribution in [0.4, 0.5) is 17.6 Å². The summed E-state index contributed by atoms with van der Waals surface area (Å²) in [6.45, 7) is 2.28. The Hall–Kier alpha value is -2.04. The topological polar surface area (TPSA) is 9.23 Å². The molecule has 0 heterocycles. The smallest absolute Gasteiger partial charge is 0.403 e. The van der Waals surface area contributed by atoms with Crippen LogP contribution < -0.4 is 4.74 Å². The minimum Gasteiger partial charge on any atom is -0.403 e. The Balaban J connectivity index is 1.27. The first kappa shape index (κ1) is 26.0. The van der Waals surface area contributed by atoms with E-state index < -0.39 is 17.9 Å². The molecular formula is C30H38F4O. The Labute approximate surface area is 207 Å². The van der Waals surface area contributed by atoms with Crippen LogP contribution in [-0.2, 0) is 0 Å². The van der Waals surface area contributed by atoms with Crippen molar-refractivity contribution in [1.29, 1.82) is 0 Å². The van der Waals surface area contributed by atoms with Crippen LogP contribution in [0.2, 0.25) is 0 Å². The van der Waals surface area contributed by atoms with E-state index in [0.717, 1.165) is 35.4 Å². The van der Waals surface area contributed by atoms with Gasteiger partial charge >= 0.3 is 6.36 Å². The average molecular weight is 491 g/mol. The summed E-state index contributed by atoms with van der Waals surface area (Å²) in [5.41, 5.74) is 2.64. The summed E-state index contributed by atoms with van der Waals surface area (Å²) < 4.78 is 54.9. The summed E-state index contributed by atoms with van der Waals surface area (Å²) >= 11 is 0. The second-order valence-corrected chi connectivity index (χ2v) is 10.7. The van der Waals surface area contributed by atoms with E-state index in [1.54, 1.807) is 0 Å². The highest BCUT2D eigenvalue weighted by Gasteiger charge is 2.33. The maximum Gasteiger partial charge on any atom is 0.573 e. The molecule has 0 spiro atoms. The average Bonchev–Trinajstić information content (AvgIpc) is 2.85. The van der Waals surface area contributed by atoms with Crippen LogP contribution in [-0.4, -0.2) is 6.36 Å². The summed E-state index contributed by atoms with van der Waals surface area (Å²) in [6, 6.07) is 11.7. The maximum atomic E-state index is 14.1. The Morgan fingerprint density at radius 3 is 1.94 bits per heavy atom. The highest BCUT2D eigenvalue weighted by Crippen LogP contribution is 2.44. The van der Waals surface area contributed by atoms with Crippen molar-refractivity contribution in [3.63, 3.8) is 0 Å². The van der Waals surface area contributed by atoms with Crippen LogP contribution in [0.5, 0.6) is 5.75 Å². The zero-order valence-corrected chi connectivity index (χ0v) is 20.8. The zero-order valence-electron chi connectivity index (χ0n) is 20.8. The lowest BCUT2D eigenvalue weighted by Gasteiger charge is -2.38. The summed E-state index contributed by atoms with van der Waals surface area (Å²) in [4.78, 5) is 0. The van der Waals surface area contributed by atoms with Crippen molar-refractivity contribution < 1.29 is 22.3 Å². The number of unbranched alkanes of at least 4 members (excludes halogenated alkanes) is 2. The summed E-state index contributed by atoms with van der Waals surface area (Å²) in [5.74, 6) is 1.50. The SMILES string of the molecule is CCCCCC1CCC(C2CCC(c3ccc(-c4ccc(OC(F)(F)F)c(F)c4)cc3)CC2)CC1. The van der Waals surface area contributed by atoms with Crippen molar-refractivity contribution >= 4 is 0 Å². The molecule has 4 rings (SSSR count). The van der Waals surface area contributed by atoms with Gasteiger partial charge < -0.3 is 4.74 Å². The van der Waals surface area contributed by atoms with Crippen LogP contribution in [0.15, 0.2) is 42.5 Å². The van der Waals surface area contributed by atoms with E-state index >= 15 is 0 Å². The standard InChI is InChI=1S/C30H38F4O/c1-2-3-4-5-21-6-8-22(9-7-21)23-10-12-24(13-11-23)25-14-16-26(17-15-25)27-18-19-29(28(31)20-27)35-30(32,33)34/h14-24H,2-13H2,1H3. The molecule has 0 aliphatic heterocycles. The lowest BCUT2D eigenvalue weighted by molar-refractivity contribution is -0.275. The van der Waals surface area contributed by atoms with Crippen LogP contribution in [0, 0.1) is 23.6 Å². The fraction of sp³-hybridized carbons (Fsp3) is 0.600. The summed E-state index contributed by atoms with van der Waals surface area (Å²) in [6.07, 6.45) is 11.4. The third kappa shape index (κ3) is 7.24. The fourth-order valence-corrected chi connectivity index (χ4v) is 6.39. The molecule has 0 aromatic heterocycles. The lowest BCUT2D eigenvalue weighted by atomic mass is 9.68. The van der Waals surface area contributed by atoms with Crippen molar-refractivity contribution in [3.8, 4) is 16.9 Å². The predicted molar refractivity (Wildman–Crippen MR) is 133 cm³/mol. The molecule has 0 unspecified atom stereocenters. The van der Waals surface area contributed by atoms with Gasteiger partial charge in [-0.1, -0.05) is 75.8 Å². The van der Waals surface area contributed by atoms with E-state index in [0.29, 0.717) is 11.5 Å². The highest BCUT2D eigenvalue weighted by atomic mass is 19.4. The molecule has 2 aromatic carbocycles. The summed E-state index contributed by atoms with van der Waals surface area (Å²) in [5, 5.41) is 0. The lowest BCUT2D eigenvalue weighted by Crippen LogP contribution is -2.25. The zero-order chi connectivity index (χ0) is 24.8. The molecule has 35 heavy (non-hydrogen) atoms. The first-order chi connectivity index (χ1) is 16.8. The summed E-state index contributed by atoms with van der Waals surface area (Å²) in [7, 11) is 0. The Morgan fingerprint density at radius 2 is 1.37 bits per heavy atom.